The van der Waals surface area contributed by atoms with Gasteiger partial charge < -0.3 is 19.9 Å². The van der Waals surface area contributed by atoms with Crippen LogP contribution in [-0.2, 0) is 25.7 Å². The molecule has 0 radical (unpaired) electrons. The molecule has 0 amide bonds. The third-order valence-electron chi connectivity index (χ3n) is 5.83. The van der Waals surface area contributed by atoms with Crippen molar-refractivity contribution in [1.29, 1.82) is 0 Å². The molecule has 1 atom stereocenters. The Balaban J connectivity index is 1.71. The zero-order valence-corrected chi connectivity index (χ0v) is 19.1. The Bertz CT molecular complexity index is 1200. The Labute approximate surface area is 200 Å². The van der Waals surface area contributed by atoms with Gasteiger partial charge in [-0.2, -0.15) is 0 Å². The van der Waals surface area contributed by atoms with E-state index in [0.717, 1.165) is 17.7 Å². The molecule has 1 unspecified atom stereocenters. The maximum Gasteiger partial charge on any atom is 0.573 e. The number of carbonyl (C=O) groups excluding carboxylic acids is 2. The van der Waals surface area contributed by atoms with Crippen LogP contribution < -0.4 is 10.5 Å². The number of benzene rings is 2. The Morgan fingerprint density at radius 1 is 1.09 bits per heavy atom. The van der Waals surface area contributed by atoms with Crippen LogP contribution in [0.25, 0.3) is 0 Å². The zero-order chi connectivity index (χ0) is 25.4. The number of allylic oxidation sites excluding steroid dienone is 2. The van der Waals surface area contributed by atoms with E-state index in [0.29, 0.717) is 17.7 Å². The topological polar surface area (TPSA) is 87.9 Å². The van der Waals surface area contributed by atoms with Gasteiger partial charge in [-0.3, -0.25) is 4.79 Å². The second-order valence-electron chi connectivity index (χ2n) is 9.27. The van der Waals surface area contributed by atoms with Gasteiger partial charge in [-0.05, 0) is 28.7 Å². The molecule has 2 N–H and O–H groups in total. The average Bonchev–Trinajstić information content (AvgIpc) is 2.76. The van der Waals surface area contributed by atoms with Gasteiger partial charge in [0.05, 0.1) is 5.92 Å². The molecular formula is C26H24F3NO5. The lowest BCUT2D eigenvalue weighted by Crippen LogP contribution is -2.35. The highest BCUT2D eigenvalue weighted by molar-refractivity contribution is 6.03. The van der Waals surface area contributed by atoms with Crippen molar-refractivity contribution in [3.63, 3.8) is 0 Å². The molecule has 2 aromatic carbocycles. The summed E-state index contributed by atoms with van der Waals surface area (Å²) in [6.45, 7) is 3.80. The normalized spacial score (nSPS) is 19.7. The summed E-state index contributed by atoms with van der Waals surface area (Å²) in [5.41, 5.74) is 7.11. The summed E-state index contributed by atoms with van der Waals surface area (Å²) < 4.78 is 53.0. The van der Waals surface area contributed by atoms with E-state index in [1.165, 1.54) is 12.1 Å². The van der Waals surface area contributed by atoms with E-state index in [-0.39, 0.29) is 41.3 Å². The van der Waals surface area contributed by atoms with Gasteiger partial charge in [0.1, 0.15) is 23.7 Å². The zero-order valence-electron chi connectivity index (χ0n) is 19.1. The number of halogens is 3. The molecule has 1 heterocycles. The number of alkyl halides is 3. The first kappa shape index (κ1) is 24.4. The standard InChI is InChI=1S/C26H24F3NO5/c1-25(2)12-18(31)21-19(13-25)34-23(30)22(24(32)33-14-15-6-4-3-5-7-15)20(21)16-8-10-17(11-9-16)35-26(27,28)29/h3-11,20H,12-14,30H2,1-2H3. The highest BCUT2D eigenvalue weighted by atomic mass is 19.4. The molecular weight excluding hydrogens is 463 g/mol. The fourth-order valence-corrected chi connectivity index (χ4v) is 4.38. The van der Waals surface area contributed by atoms with Crippen molar-refractivity contribution in [2.75, 3.05) is 0 Å². The van der Waals surface area contributed by atoms with E-state index >= 15 is 0 Å². The van der Waals surface area contributed by atoms with Gasteiger partial charge in [0.25, 0.3) is 0 Å². The Morgan fingerprint density at radius 2 is 1.74 bits per heavy atom. The first-order valence-corrected chi connectivity index (χ1v) is 10.9. The number of ether oxygens (including phenoxy) is 3. The maximum absolute atomic E-state index is 13.2. The van der Waals surface area contributed by atoms with Gasteiger partial charge in [0, 0.05) is 18.4 Å². The average molecular weight is 487 g/mol. The van der Waals surface area contributed by atoms with E-state index < -0.39 is 24.0 Å². The number of carbonyl (C=O) groups is 2. The van der Waals surface area contributed by atoms with Gasteiger partial charge in [-0.25, -0.2) is 4.79 Å². The fourth-order valence-electron chi connectivity index (χ4n) is 4.38. The second-order valence-corrected chi connectivity index (χ2v) is 9.27. The van der Waals surface area contributed by atoms with Crippen molar-refractivity contribution in [3.8, 4) is 5.75 Å². The summed E-state index contributed by atoms with van der Waals surface area (Å²) >= 11 is 0. The van der Waals surface area contributed by atoms with Crippen LogP contribution in [0.4, 0.5) is 13.2 Å². The van der Waals surface area contributed by atoms with Crippen molar-refractivity contribution < 1.29 is 37.0 Å². The predicted octanol–water partition coefficient (Wildman–Crippen LogP) is 5.26. The molecule has 0 saturated heterocycles. The van der Waals surface area contributed by atoms with Gasteiger partial charge in [-0.15, -0.1) is 13.2 Å². The van der Waals surface area contributed by atoms with Crippen LogP contribution in [0.15, 0.2) is 77.4 Å². The van der Waals surface area contributed by atoms with Gasteiger partial charge in [0.2, 0.25) is 5.88 Å². The molecule has 2 aliphatic rings. The first-order valence-electron chi connectivity index (χ1n) is 10.9. The van der Waals surface area contributed by atoms with Gasteiger partial charge in [0.15, 0.2) is 5.78 Å². The van der Waals surface area contributed by atoms with E-state index in [1.807, 2.05) is 19.9 Å². The van der Waals surface area contributed by atoms with Crippen LogP contribution in [0, 0.1) is 5.41 Å². The van der Waals surface area contributed by atoms with E-state index in [9.17, 15) is 22.8 Å². The van der Waals surface area contributed by atoms with Crippen molar-refractivity contribution in [3.05, 3.63) is 88.5 Å². The first-order chi connectivity index (χ1) is 16.4. The summed E-state index contributed by atoms with van der Waals surface area (Å²) in [5, 5.41) is 0. The Morgan fingerprint density at radius 3 is 2.37 bits per heavy atom. The molecule has 1 aliphatic heterocycles. The molecule has 0 aromatic heterocycles. The van der Waals surface area contributed by atoms with Crippen LogP contribution in [0.5, 0.6) is 5.75 Å². The molecule has 0 fully saturated rings. The number of ketones is 1. The third-order valence-corrected chi connectivity index (χ3v) is 5.83. The summed E-state index contributed by atoms with van der Waals surface area (Å²) in [6, 6.07) is 14.0. The predicted molar refractivity (Wildman–Crippen MR) is 119 cm³/mol. The maximum atomic E-state index is 13.2. The molecule has 9 heteroatoms. The highest BCUT2D eigenvalue weighted by Gasteiger charge is 2.45. The molecule has 2 aromatic rings. The van der Waals surface area contributed by atoms with Crippen molar-refractivity contribution >= 4 is 11.8 Å². The van der Waals surface area contributed by atoms with E-state index in [2.05, 4.69) is 4.74 Å². The lowest BCUT2D eigenvalue weighted by atomic mass is 9.70. The monoisotopic (exact) mass is 487 g/mol. The van der Waals surface area contributed by atoms with Gasteiger partial charge >= 0.3 is 12.3 Å². The van der Waals surface area contributed by atoms with Crippen LogP contribution in [-0.4, -0.2) is 18.1 Å². The van der Waals surface area contributed by atoms with E-state index in [1.54, 1.807) is 24.3 Å². The SMILES string of the molecule is CC1(C)CC(=O)C2=C(C1)OC(N)=C(C(=O)OCc1ccccc1)C2c1ccc(OC(F)(F)F)cc1. The van der Waals surface area contributed by atoms with Gasteiger partial charge in [-0.1, -0.05) is 56.3 Å². The lowest BCUT2D eigenvalue weighted by molar-refractivity contribution is -0.274. The Kier molecular flexibility index (Phi) is 6.36. The fraction of sp³-hybridized carbons (Fsp3) is 0.308. The van der Waals surface area contributed by atoms with Crippen LogP contribution in [0.2, 0.25) is 0 Å². The number of nitrogens with two attached hydrogens (primary N) is 1. The highest BCUT2D eigenvalue weighted by Crippen LogP contribution is 2.48. The summed E-state index contributed by atoms with van der Waals surface area (Å²) in [4.78, 5) is 26.4. The lowest BCUT2D eigenvalue weighted by Gasteiger charge is -2.38. The molecule has 0 bridgehead atoms. The summed E-state index contributed by atoms with van der Waals surface area (Å²) in [7, 11) is 0. The smallest absolute Gasteiger partial charge is 0.457 e. The van der Waals surface area contributed by atoms with Crippen LogP contribution >= 0.6 is 0 Å². The number of hydrogen-bond acceptors (Lipinski definition) is 6. The number of hydrogen-bond donors (Lipinski definition) is 1. The number of rotatable bonds is 5. The minimum atomic E-state index is -4.85. The second kappa shape index (κ2) is 9.13. The molecule has 6 nitrogen and oxygen atoms in total. The largest absolute Gasteiger partial charge is 0.573 e. The molecule has 0 spiro atoms. The third kappa shape index (κ3) is 5.50. The quantitative estimate of drug-likeness (QED) is 0.580. The number of Topliss-reactive ketones (excluding diaryl/α,β-unsaturated/α-hetero) is 1. The molecule has 0 saturated carbocycles. The summed E-state index contributed by atoms with van der Waals surface area (Å²) in [5.74, 6) is -2.24. The molecule has 1 aliphatic carbocycles. The number of esters is 1. The molecule has 184 valence electrons. The van der Waals surface area contributed by atoms with E-state index in [4.69, 9.17) is 15.2 Å². The molecule has 35 heavy (non-hydrogen) atoms. The van der Waals surface area contributed by atoms with Crippen molar-refractivity contribution in [2.24, 2.45) is 11.1 Å². The molecule has 4 rings (SSSR count). The summed E-state index contributed by atoms with van der Waals surface area (Å²) in [6.07, 6.45) is -4.22. The Hall–Kier alpha value is -3.75. The minimum Gasteiger partial charge on any atom is -0.457 e. The van der Waals surface area contributed by atoms with Crippen LogP contribution in [0.3, 0.4) is 0 Å². The minimum absolute atomic E-state index is 0.0333. The van der Waals surface area contributed by atoms with Crippen molar-refractivity contribution in [2.45, 2.75) is 45.6 Å². The van der Waals surface area contributed by atoms with Crippen LogP contribution in [0.1, 0.15) is 43.7 Å². The van der Waals surface area contributed by atoms with Crippen molar-refractivity contribution in [1.82, 2.24) is 0 Å².